The van der Waals surface area contributed by atoms with Gasteiger partial charge in [-0.2, -0.15) is 0 Å². The topological polar surface area (TPSA) is 12.0 Å². The lowest BCUT2D eigenvalue weighted by Crippen LogP contribution is -2.30. The molecule has 0 bridgehead atoms. The van der Waals surface area contributed by atoms with Crippen molar-refractivity contribution >= 4 is 0 Å². The van der Waals surface area contributed by atoms with Crippen LogP contribution in [-0.2, 0) is 6.42 Å². The monoisotopic (exact) mass is 259 g/mol. The van der Waals surface area contributed by atoms with Crippen LogP contribution < -0.4 is 5.32 Å². The van der Waals surface area contributed by atoms with Crippen molar-refractivity contribution < 1.29 is 0 Å². The van der Waals surface area contributed by atoms with Gasteiger partial charge in [0.2, 0.25) is 0 Å². The molecule has 0 aliphatic carbocycles. The fourth-order valence-electron chi connectivity index (χ4n) is 2.21. The molecule has 19 heavy (non-hydrogen) atoms. The molecule has 0 spiro atoms. The van der Waals surface area contributed by atoms with Crippen LogP contribution >= 0.6 is 0 Å². The third kappa shape index (κ3) is 7.17. The molecule has 0 aliphatic rings. The highest BCUT2D eigenvalue weighted by Gasteiger charge is 2.08. The summed E-state index contributed by atoms with van der Waals surface area (Å²) in [5.74, 6) is 0. The molecular weight excluding hydrogens is 230 g/mol. The van der Waals surface area contributed by atoms with Gasteiger partial charge in [-0.3, -0.25) is 0 Å². The van der Waals surface area contributed by atoms with Gasteiger partial charge in [-0.05, 0) is 58.1 Å². The lowest BCUT2D eigenvalue weighted by molar-refractivity contribution is 0.452. The lowest BCUT2D eigenvalue weighted by Gasteiger charge is -2.18. The maximum absolute atomic E-state index is 4.01. The van der Waals surface area contributed by atoms with Gasteiger partial charge in [-0.25, -0.2) is 0 Å². The molecule has 1 nitrogen and oxygen atoms in total. The van der Waals surface area contributed by atoms with Crippen LogP contribution in [0.4, 0.5) is 0 Å². The summed E-state index contributed by atoms with van der Waals surface area (Å²) >= 11 is 0. The van der Waals surface area contributed by atoms with Gasteiger partial charge in [-0.15, -0.1) is 6.58 Å². The van der Waals surface area contributed by atoms with Crippen molar-refractivity contribution in [3.63, 3.8) is 0 Å². The van der Waals surface area contributed by atoms with E-state index in [9.17, 15) is 0 Å². The molecule has 0 saturated heterocycles. The molecule has 1 heteroatoms. The largest absolute Gasteiger partial charge is 0.314 e. The zero-order valence-electron chi connectivity index (χ0n) is 12.8. The van der Waals surface area contributed by atoms with Gasteiger partial charge in [0.05, 0.1) is 0 Å². The maximum Gasteiger partial charge on any atom is 0.00732 e. The van der Waals surface area contributed by atoms with Crippen LogP contribution in [0.5, 0.6) is 0 Å². The van der Waals surface area contributed by atoms with Gasteiger partial charge in [0, 0.05) is 6.04 Å². The van der Waals surface area contributed by atoms with Crippen molar-refractivity contribution in [1.82, 2.24) is 5.32 Å². The van der Waals surface area contributed by atoms with Gasteiger partial charge >= 0.3 is 0 Å². The number of aryl methyl sites for hydroxylation is 2. The van der Waals surface area contributed by atoms with E-state index in [1.54, 1.807) is 0 Å². The van der Waals surface area contributed by atoms with Crippen molar-refractivity contribution in [2.75, 3.05) is 6.54 Å². The zero-order valence-corrected chi connectivity index (χ0v) is 12.8. The predicted molar refractivity (Wildman–Crippen MR) is 85.6 cm³/mol. The van der Waals surface area contributed by atoms with E-state index in [1.165, 1.54) is 36.0 Å². The van der Waals surface area contributed by atoms with E-state index in [2.05, 4.69) is 56.9 Å². The third-order valence-electron chi connectivity index (χ3n) is 3.50. The molecule has 0 heterocycles. The smallest absolute Gasteiger partial charge is 0.00732 e. The molecule has 0 aliphatic heterocycles. The SMILES string of the molecule is C=C(C)CCC(CCc1ccc(C)cc1)NCCC. The van der Waals surface area contributed by atoms with Crippen molar-refractivity contribution in [2.45, 2.75) is 58.9 Å². The van der Waals surface area contributed by atoms with Crippen molar-refractivity contribution in [3.8, 4) is 0 Å². The van der Waals surface area contributed by atoms with E-state index in [0.29, 0.717) is 6.04 Å². The molecule has 106 valence electrons. The fraction of sp³-hybridized carbons (Fsp3) is 0.556. The quantitative estimate of drug-likeness (QED) is 0.636. The van der Waals surface area contributed by atoms with Crippen molar-refractivity contribution in [1.29, 1.82) is 0 Å². The summed E-state index contributed by atoms with van der Waals surface area (Å²) in [5, 5.41) is 3.67. The number of hydrogen-bond acceptors (Lipinski definition) is 1. The Kier molecular flexibility index (Phi) is 7.50. The second-order valence-corrected chi connectivity index (χ2v) is 5.67. The van der Waals surface area contributed by atoms with E-state index < -0.39 is 0 Å². The van der Waals surface area contributed by atoms with E-state index in [4.69, 9.17) is 0 Å². The Bertz CT molecular complexity index is 364. The van der Waals surface area contributed by atoms with Crippen LogP contribution in [0.25, 0.3) is 0 Å². The van der Waals surface area contributed by atoms with Gasteiger partial charge < -0.3 is 5.32 Å². The average Bonchev–Trinajstić information content (AvgIpc) is 2.39. The Morgan fingerprint density at radius 1 is 1.21 bits per heavy atom. The average molecular weight is 259 g/mol. The van der Waals surface area contributed by atoms with E-state index in [1.807, 2.05) is 0 Å². The molecule has 1 atom stereocenters. The molecule has 0 radical (unpaired) electrons. The minimum atomic E-state index is 0.623. The number of benzene rings is 1. The third-order valence-corrected chi connectivity index (χ3v) is 3.50. The molecule has 1 rings (SSSR count). The zero-order chi connectivity index (χ0) is 14.1. The number of hydrogen-bond donors (Lipinski definition) is 1. The highest BCUT2D eigenvalue weighted by Crippen LogP contribution is 2.12. The van der Waals surface area contributed by atoms with E-state index >= 15 is 0 Å². The first-order chi connectivity index (χ1) is 9.11. The lowest BCUT2D eigenvalue weighted by atomic mass is 9.99. The summed E-state index contributed by atoms with van der Waals surface area (Å²) in [6.45, 7) is 11.6. The highest BCUT2D eigenvalue weighted by molar-refractivity contribution is 5.21. The molecule has 1 aromatic rings. The second kappa shape index (κ2) is 8.92. The van der Waals surface area contributed by atoms with Crippen LogP contribution in [0.3, 0.4) is 0 Å². The minimum Gasteiger partial charge on any atom is -0.314 e. The molecule has 0 fully saturated rings. The second-order valence-electron chi connectivity index (χ2n) is 5.67. The van der Waals surface area contributed by atoms with Gasteiger partial charge in [-0.1, -0.05) is 42.3 Å². The molecule has 0 saturated carbocycles. The summed E-state index contributed by atoms with van der Waals surface area (Å²) in [6, 6.07) is 9.55. The Morgan fingerprint density at radius 3 is 2.47 bits per heavy atom. The van der Waals surface area contributed by atoms with Crippen LogP contribution in [0.15, 0.2) is 36.4 Å². The number of allylic oxidation sites excluding steroid dienone is 1. The van der Waals surface area contributed by atoms with Crippen molar-refractivity contribution in [3.05, 3.63) is 47.5 Å². The molecular formula is C18H29N. The minimum absolute atomic E-state index is 0.623. The molecule has 1 N–H and O–H groups in total. The van der Waals surface area contributed by atoms with Crippen LogP contribution in [-0.4, -0.2) is 12.6 Å². The molecule has 1 aromatic carbocycles. The first kappa shape index (κ1) is 16.0. The summed E-state index contributed by atoms with van der Waals surface area (Å²) in [5.41, 5.74) is 4.08. The van der Waals surface area contributed by atoms with Gasteiger partial charge in [0.1, 0.15) is 0 Å². The first-order valence-electron chi connectivity index (χ1n) is 7.55. The van der Waals surface area contributed by atoms with Crippen LogP contribution in [0, 0.1) is 6.92 Å². The molecule has 0 aromatic heterocycles. The normalized spacial score (nSPS) is 12.4. The molecule has 1 unspecified atom stereocenters. The van der Waals surface area contributed by atoms with Gasteiger partial charge in [0.25, 0.3) is 0 Å². The Hall–Kier alpha value is -1.08. The Morgan fingerprint density at radius 2 is 1.89 bits per heavy atom. The highest BCUT2D eigenvalue weighted by atomic mass is 14.9. The predicted octanol–water partition coefficient (Wildman–Crippen LogP) is 4.65. The Labute approximate surface area is 119 Å². The standard InChI is InChI=1S/C18H29N/c1-5-14-19-18(12-6-15(2)3)13-11-17-9-7-16(4)8-10-17/h7-10,18-19H,2,5-6,11-14H2,1,3-4H3. The Balaban J connectivity index is 2.42. The first-order valence-corrected chi connectivity index (χ1v) is 7.55. The van der Waals surface area contributed by atoms with Crippen LogP contribution in [0.1, 0.15) is 50.7 Å². The van der Waals surface area contributed by atoms with Crippen LogP contribution in [0.2, 0.25) is 0 Å². The summed E-state index contributed by atoms with van der Waals surface area (Å²) in [7, 11) is 0. The van der Waals surface area contributed by atoms with E-state index in [-0.39, 0.29) is 0 Å². The van der Waals surface area contributed by atoms with Gasteiger partial charge in [0.15, 0.2) is 0 Å². The fourth-order valence-corrected chi connectivity index (χ4v) is 2.21. The molecule has 0 amide bonds. The summed E-state index contributed by atoms with van der Waals surface area (Å²) in [4.78, 5) is 0. The number of nitrogens with one attached hydrogen (secondary N) is 1. The number of rotatable bonds is 9. The maximum atomic E-state index is 4.01. The summed E-state index contributed by atoms with van der Waals surface area (Å²) < 4.78 is 0. The van der Waals surface area contributed by atoms with E-state index in [0.717, 1.165) is 19.4 Å². The summed E-state index contributed by atoms with van der Waals surface area (Å²) in [6.07, 6.45) is 5.93. The van der Waals surface area contributed by atoms with Crippen molar-refractivity contribution in [2.24, 2.45) is 0 Å².